The van der Waals surface area contributed by atoms with Crippen LogP contribution in [0.5, 0.6) is 0 Å². The third kappa shape index (κ3) is 6.15. The van der Waals surface area contributed by atoms with Gasteiger partial charge in [0, 0.05) is 38.8 Å². The molecule has 30 heavy (non-hydrogen) atoms. The Bertz CT molecular complexity index is 1130. The number of sulfone groups is 1. The fourth-order valence-corrected chi connectivity index (χ4v) is 3.84. The lowest BCUT2D eigenvalue weighted by Crippen LogP contribution is -2.36. The molecule has 7 nitrogen and oxygen atoms in total. The van der Waals surface area contributed by atoms with Crippen molar-refractivity contribution in [1.82, 2.24) is 20.4 Å². The van der Waals surface area contributed by atoms with E-state index in [2.05, 4.69) is 20.7 Å². The Morgan fingerprint density at radius 3 is 2.60 bits per heavy atom. The lowest BCUT2D eigenvalue weighted by Gasteiger charge is -2.15. The van der Waals surface area contributed by atoms with Crippen molar-refractivity contribution in [2.75, 3.05) is 13.3 Å². The number of aromatic nitrogens is 2. The fraction of sp³-hybridized carbons (Fsp3) is 0.238. The molecule has 0 saturated heterocycles. The van der Waals surface area contributed by atoms with Crippen LogP contribution in [0.25, 0.3) is 5.69 Å². The molecule has 0 amide bonds. The molecule has 0 aliphatic carbocycles. The van der Waals surface area contributed by atoms with Crippen LogP contribution in [0.1, 0.15) is 16.7 Å². The van der Waals surface area contributed by atoms with Crippen molar-refractivity contribution in [3.05, 3.63) is 83.4 Å². The summed E-state index contributed by atoms with van der Waals surface area (Å²) in [4.78, 5) is 4.18. The average molecular weight is 430 g/mol. The molecule has 0 aliphatic rings. The highest BCUT2D eigenvalue weighted by atomic mass is 32.2. The van der Waals surface area contributed by atoms with Gasteiger partial charge in [-0.1, -0.05) is 18.2 Å². The van der Waals surface area contributed by atoms with Gasteiger partial charge in [0.2, 0.25) is 0 Å². The van der Waals surface area contributed by atoms with Crippen LogP contribution in [0.3, 0.4) is 0 Å². The largest absolute Gasteiger partial charge is 0.352 e. The molecule has 0 atom stereocenters. The molecule has 9 heteroatoms. The van der Waals surface area contributed by atoms with Gasteiger partial charge in [0.25, 0.3) is 0 Å². The lowest BCUT2D eigenvalue weighted by molar-refractivity contribution is 0.599. The predicted molar refractivity (Wildman–Crippen MR) is 116 cm³/mol. The van der Waals surface area contributed by atoms with Gasteiger partial charge in [-0.05, 0) is 47.0 Å². The van der Waals surface area contributed by atoms with Gasteiger partial charge >= 0.3 is 0 Å². The van der Waals surface area contributed by atoms with Gasteiger partial charge in [0.05, 0.1) is 11.4 Å². The summed E-state index contributed by atoms with van der Waals surface area (Å²) in [6.45, 7) is 0.768. The van der Waals surface area contributed by atoms with Crippen LogP contribution in [-0.4, -0.2) is 37.5 Å². The molecule has 2 N–H and O–H groups in total. The SMILES string of the molecule is CN=C(NCc1cccc(-n2cccn2)c1)NCc1cc(F)ccc1CS(C)(=O)=O. The lowest BCUT2D eigenvalue weighted by atomic mass is 10.1. The summed E-state index contributed by atoms with van der Waals surface area (Å²) in [5, 5.41) is 10.5. The van der Waals surface area contributed by atoms with Crippen LogP contribution in [0, 0.1) is 5.82 Å². The van der Waals surface area contributed by atoms with E-state index >= 15 is 0 Å². The van der Waals surface area contributed by atoms with Gasteiger partial charge < -0.3 is 10.6 Å². The first-order valence-corrected chi connectivity index (χ1v) is 11.4. The number of aliphatic imine (C=N–C) groups is 1. The zero-order chi connectivity index (χ0) is 21.6. The number of benzene rings is 2. The first-order valence-electron chi connectivity index (χ1n) is 9.32. The maximum absolute atomic E-state index is 13.7. The average Bonchev–Trinajstić information content (AvgIpc) is 3.24. The summed E-state index contributed by atoms with van der Waals surface area (Å²) < 4.78 is 38.8. The summed E-state index contributed by atoms with van der Waals surface area (Å²) in [5.74, 6) is -0.0345. The molecule has 1 heterocycles. The van der Waals surface area contributed by atoms with E-state index in [9.17, 15) is 12.8 Å². The van der Waals surface area contributed by atoms with Gasteiger partial charge in [0.1, 0.15) is 5.82 Å². The third-order valence-corrected chi connectivity index (χ3v) is 5.23. The molecular formula is C21H24FN5O2S. The van der Waals surface area contributed by atoms with Crippen molar-refractivity contribution < 1.29 is 12.8 Å². The highest BCUT2D eigenvalue weighted by Crippen LogP contribution is 2.14. The third-order valence-electron chi connectivity index (χ3n) is 4.40. The molecule has 0 radical (unpaired) electrons. The number of halogens is 1. The highest BCUT2D eigenvalue weighted by Gasteiger charge is 2.11. The number of guanidine groups is 1. The van der Waals surface area contributed by atoms with Crippen molar-refractivity contribution in [1.29, 1.82) is 0 Å². The Balaban J connectivity index is 1.64. The Morgan fingerprint density at radius 2 is 1.90 bits per heavy atom. The maximum atomic E-state index is 13.7. The number of nitrogens with one attached hydrogen (secondary N) is 2. The van der Waals surface area contributed by atoms with Crippen molar-refractivity contribution >= 4 is 15.8 Å². The molecule has 1 aromatic heterocycles. The molecule has 0 bridgehead atoms. The second-order valence-electron chi connectivity index (χ2n) is 6.88. The van der Waals surface area contributed by atoms with Crippen LogP contribution >= 0.6 is 0 Å². The van der Waals surface area contributed by atoms with Crippen molar-refractivity contribution in [3.63, 3.8) is 0 Å². The van der Waals surface area contributed by atoms with E-state index in [1.54, 1.807) is 17.9 Å². The standard InChI is InChI=1S/C21H24FN5O2S/c1-23-21(24-13-16-5-3-6-20(11-16)27-10-4-9-26-27)25-14-18-12-19(22)8-7-17(18)15-30(2,28)29/h3-12H,13-15H2,1-2H3,(H2,23,24,25). The first-order chi connectivity index (χ1) is 14.3. The monoisotopic (exact) mass is 429 g/mol. The van der Waals surface area contributed by atoms with Gasteiger partial charge in [-0.25, -0.2) is 17.5 Å². The Morgan fingerprint density at radius 1 is 1.10 bits per heavy atom. The molecule has 3 rings (SSSR count). The first kappa shape index (κ1) is 21.5. The summed E-state index contributed by atoms with van der Waals surface area (Å²) in [5.41, 5.74) is 3.12. The van der Waals surface area contributed by atoms with Crippen LogP contribution in [0.2, 0.25) is 0 Å². The van der Waals surface area contributed by atoms with E-state index in [-0.39, 0.29) is 12.3 Å². The maximum Gasteiger partial charge on any atom is 0.191 e. The molecule has 0 fully saturated rings. The molecule has 0 aliphatic heterocycles. The van der Waals surface area contributed by atoms with E-state index in [0.717, 1.165) is 17.5 Å². The van der Waals surface area contributed by atoms with Gasteiger partial charge in [-0.3, -0.25) is 4.99 Å². The van der Waals surface area contributed by atoms with Crippen LogP contribution in [0.15, 0.2) is 65.9 Å². The Hall–Kier alpha value is -3.20. The number of hydrogen-bond donors (Lipinski definition) is 2. The number of nitrogens with zero attached hydrogens (tertiary/aromatic N) is 3. The number of rotatable bonds is 7. The highest BCUT2D eigenvalue weighted by molar-refractivity contribution is 7.89. The molecule has 2 aromatic carbocycles. The zero-order valence-electron chi connectivity index (χ0n) is 16.8. The molecule has 0 saturated carbocycles. The van der Waals surface area contributed by atoms with Crippen molar-refractivity contribution in [3.8, 4) is 5.69 Å². The van der Waals surface area contributed by atoms with Crippen molar-refractivity contribution in [2.24, 2.45) is 4.99 Å². The normalized spacial score (nSPS) is 12.0. The van der Waals surface area contributed by atoms with E-state index in [0.29, 0.717) is 23.6 Å². The van der Waals surface area contributed by atoms with Crippen molar-refractivity contribution in [2.45, 2.75) is 18.8 Å². The molecule has 0 unspecified atom stereocenters. The summed E-state index contributed by atoms with van der Waals surface area (Å²) >= 11 is 0. The predicted octanol–water partition coefficient (Wildman–Crippen LogP) is 2.42. The van der Waals surface area contributed by atoms with Crippen LogP contribution in [0.4, 0.5) is 4.39 Å². The van der Waals surface area contributed by atoms with Gasteiger partial charge in [0.15, 0.2) is 15.8 Å². The van der Waals surface area contributed by atoms with Crippen LogP contribution < -0.4 is 10.6 Å². The van der Waals surface area contributed by atoms with Crippen LogP contribution in [-0.2, 0) is 28.7 Å². The Kier molecular flexibility index (Phi) is 6.83. The summed E-state index contributed by atoms with van der Waals surface area (Å²) in [6.07, 6.45) is 4.76. The van der Waals surface area contributed by atoms with E-state index in [4.69, 9.17) is 0 Å². The quantitative estimate of drug-likeness (QED) is 0.445. The minimum atomic E-state index is -3.23. The minimum absolute atomic E-state index is 0.142. The molecule has 158 valence electrons. The summed E-state index contributed by atoms with van der Waals surface area (Å²) in [7, 11) is -1.59. The summed E-state index contributed by atoms with van der Waals surface area (Å²) in [6, 6.07) is 13.9. The van der Waals surface area contributed by atoms with E-state index < -0.39 is 15.7 Å². The minimum Gasteiger partial charge on any atom is -0.352 e. The Labute approximate surface area is 175 Å². The van der Waals surface area contributed by atoms with E-state index in [1.165, 1.54) is 18.2 Å². The molecular weight excluding hydrogens is 405 g/mol. The van der Waals surface area contributed by atoms with E-state index in [1.807, 2.05) is 36.5 Å². The smallest absolute Gasteiger partial charge is 0.191 e. The molecule has 0 spiro atoms. The second kappa shape index (κ2) is 9.53. The fourth-order valence-electron chi connectivity index (χ4n) is 3.00. The number of hydrogen-bond acceptors (Lipinski definition) is 4. The van der Waals surface area contributed by atoms with Gasteiger partial charge in [-0.15, -0.1) is 0 Å². The topological polar surface area (TPSA) is 88.4 Å². The molecule has 3 aromatic rings. The zero-order valence-corrected chi connectivity index (χ0v) is 17.7. The second-order valence-corrected chi connectivity index (χ2v) is 9.02. The van der Waals surface area contributed by atoms with Gasteiger partial charge in [-0.2, -0.15) is 5.10 Å².